The van der Waals surface area contributed by atoms with Crippen LogP contribution in [0.2, 0.25) is 0 Å². The van der Waals surface area contributed by atoms with Crippen LogP contribution < -0.4 is 4.80 Å². The summed E-state index contributed by atoms with van der Waals surface area (Å²) in [5.74, 6) is -2.52. The van der Waals surface area contributed by atoms with Crippen LogP contribution in [0.25, 0.3) is 10.2 Å². The van der Waals surface area contributed by atoms with Gasteiger partial charge in [0.2, 0.25) is 5.91 Å². The van der Waals surface area contributed by atoms with Gasteiger partial charge in [0.25, 0.3) is 11.6 Å². The predicted octanol–water partition coefficient (Wildman–Crippen LogP) is 1.36. The summed E-state index contributed by atoms with van der Waals surface area (Å²) in [5, 5.41) is 11.1. The van der Waals surface area contributed by atoms with E-state index >= 15 is 0 Å². The summed E-state index contributed by atoms with van der Waals surface area (Å²) in [6, 6.07) is 4.28. The minimum atomic E-state index is -3.99. The van der Waals surface area contributed by atoms with E-state index in [1.165, 1.54) is 24.1 Å². The minimum Gasteiger partial charge on any atom is -0.383 e. The predicted molar refractivity (Wildman–Crippen MR) is 123 cm³/mol. The Morgan fingerprint density at radius 1 is 1.27 bits per heavy atom. The van der Waals surface area contributed by atoms with Crippen molar-refractivity contribution in [3.05, 3.63) is 33.1 Å². The van der Waals surface area contributed by atoms with Gasteiger partial charge in [-0.2, -0.15) is 4.99 Å². The highest BCUT2D eigenvalue weighted by Gasteiger charge is 2.26. The molecule has 13 heteroatoms. The first-order valence-electron chi connectivity index (χ1n) is 10.4. The molecule has 11 nitrogen and oxygen atoms in total. The molecule has 0 N–H and O–H groups in total. The average molecular weight is 499 g/mol. The normalized spacial score (nSPS) is 15.8. The summed E-state index contributed by atoms with van der Waals surface area (Å²) in [7, 11) is -2.49. The fraction of sp³-hybridized carbons (Fsp3) is 0.550. The zero-order valence-electron chi connectivity index (χ0n) is 18.4. The fourth-order valence-corrected chi connectivity index (χ4v) is 5.78. The van der Waals surface area contributed by atoms with Gasteiger partial charge in [-0.15, -0.1) is 0 Å². The number of nitro benzene ring substituents is 1. The zero-order chi connectivity index (χ0) is 24.2. The number of sulfone groups is 1. The van der Waals surface area contributed by atoms with E-state index in [1.807, 2.05) is 0 Å². The first-order chi connectivity index (χ1) is 15.6. The highest BCUT2D eigenvalue weighted by Crippen LogP contribution is 2.23. The Balaban J connectivity index is 1.81. The van der Waals surface area contributed by atoms with E-state index in [1.54, 1.807) is 10.6 Å². The Bertz CT molecular complexity index is 1220. The Morgan fingerprint density at radius 3 is 2.61 bits per heavy atom. The smallest absolute Gasteiger partial charge is 0.270 e. The van der Waals surface area contributed by atoms with Crippen molar-refractivity contribution in [2.45, 2.75) is 26.3 Å². The molecule has 2 aromatic rings. The number of likely N-dealkylation sites (tertiary alicyclic amines) is 1. The van der Waals surface area contributed by atoms with Crippen molar-refractivity contribution >= 4 is 48.9 Å². The number of non-ortho nitro benzene ring substituents is 1. The molecule has 0 spiro atoms. The number of thiazole rings is 1. The molecular weight excluding hydrogens is 472 g/mol. The van der Waals surface area contributed by atoms with Crippen LogP contribution in [-0.4, -0.2) is 72.9 Å². The Kier molecular flexibility index (Phi) is 7.97. The number of rotatable bonds is 8. The molecule has 1 saturated heterocycles. The quantitative estimate of drug-likeness (QED) is 0.395. The number of methoxy groups -OCH3 is 1. The van der Waals surface area contributed by atoms with Crippen LogP contribution in [0.5, 0.6) is 0 Å². The summed E-state index contributed by atoms with van der Waals surface area (Å²) >= 11 is 1.04. The van der Waals surface area contributed by atoms with Crippen LogP contribution in [0, 0.1) is 16.0 Å². The molecule has 180 valence electrons. The molecule has 0 saturated carbocycles. The number of aromatic nitrogens is 1. The van der Waals surface area contributed by atoms with Crippen molar-refractivity contribution in [2.75, 3.05) is 38.3 Å². The van der Waals surface area contributed by atoms with E-state index < -0.39 is 38.1 Å². The second kappa shape index (κ2) is 10.5. The van der Waals surface area contributed by atoms with Crippen LogP contribution in [0.15, 0.2) is 23.2 Å². The molecule has 0 bridgehead atoms. The lowest BCUT2D eigenvalue weighted by molar-refractivity contribution is -0.384. The number of ether oxygens (including phenoxy) is 1. The number of fused-ring (bicyclic) bond motifs is 1. The zero-order valence-corrected chi connectivity index (χ0v) is 20.1. The second-order valence-corrected chi connectivity index (χ2v) is 11.1. The maximum absolute atomic E-state index is 12.5. The molecule has 2 amide bonds. The average Bonchev–Trinajstić information content (AvgIpc) is 3.07. The number of hydrogen-bond acceptors (Lipinski definition) is 8. The van der Waals surface area contributed by atoms with Crippen molar-refractivity contribution < 1.29 is 27.7 Å². The molecule has 0 atom stereocenters. The van der Waals surface area contributed by atoms with Crippen molar-refractivity contribution in [1.82, 2.24) is 9.47 Å². The lowest BCUT2D eigenvalue weighted by atomic mass is 9.99. The molecule has 0 aliphatic carbocycles. The van der Waals surface area contributed by atoms with E-state index in [0.29, 0.717) is 42.4 Å². The maximum Gasteiger partial charge on any atom is 0.270 e. The summed E-state index contributed by atoms with van der Waals surface area (Å²) in [4.78, 5) is 41.1. The van der Waals surface area contributed by atoms with E-state index in [4.69, 9.17) is 4.74 Å². The molecule has 1 aromatic carbocycles. The van der Waals surface area contributed by atoms with E-state index in [2.05, 4.69) is 11.9 Å². The number of hydrogen-bond donors (Lipinski definition) is 0. The van der Waals surface area contributed by atoms with Gasteiger partial charge < -0.3 is 14.2 Å². The van der Waals surface area contributed by atoms with Gasteiger partial charge in [-0.25, -0.2) is 8.42 Å². The molecule has 3 rings (SSSR count). The van der Waals surface area contributed by atoms with Crippen molar-refractivity contribution in [2.24, 2.45) is 10.9 Å². The third kappa shape index (κ3) is 6.45. The molecule has 33 heavy (non-hydrogen) atoms. The van der Waals surface area contributed by atoms with Crippen LogP contribution in [0.3, 0.4) is 0 Å². The van der Waals surface area contributed by atoms with Gasteiger partial charge in [0, 0.05) is 38.9 Å². The van der Waals surface area contributed by atoms with Crippen LogP contribution >= 0.6 is 11.3 Å². The van der Waals surface area contributed by atoms with Crippen LogP contribution in [0.4, 0.5) is 5.69 Å². The number of carbonyl (C=O) groups excluding carboxylic acids is 2. The SMILES string of the molecule is COCCn1c(=NC(=O)CS(=O)(=O)CC(=O)N2CCC(C)CC2)sc2cc([N+](=O)[O-])ccc21. The number of nitrogens with zero attached hydrogens (tertiary/aromatic N) is 4. The topological polar surface area (TPSA) is 141 Å². The van der Waals surface area contributed by atoms with Crippen molar-refractivity contribution in [3.63, 3.8) is 0 Å². The molecule has 1 aromatic heterocycles. The van der Waals surface area contributed by atoms with E-state index in [0.717, 1.165) is 24.2 Å². The summed E-state index contributed by atoms with van der Waals surface area (Å²) in [5.41, 5.74) is 0.514. The van der Waals surface area contributed by atoms with Gasteiger partial charge in [0.1, 0.15) is 11.5 Å². The maximum atomic E-state index is 12.5. The molecule has 0 radical (unpaired) electrons. The third-order valence-electron chi connectivity index (χ3n) is 5.44. The van der Waals surface area contributed by atoms with Crippen LogP contribution in [-0.2, 0) is 30.7 Å². The van der Waals surface area contributed by atoms with Crippen molar-refractivity contribution in [3.8, 4) is 0 Å². The molecule has 1 fully saturated rings. The number of amides is 2. The summed E-state index contributed by atoms with van der Waals surface area (Å²) in [6.07, 6.45) is 1.65. The molecular formula is C20H26N4O7S2. The largest absolute Gasteiger partial charge is 0.383 e. The Hall–Kier alpha value is -2.64. The molecule has 1 aliphatic heterocycles. The molecule has 2 heterocycles. The first kappa shape index (κ1) is 25.0. The third-order valence-corrected chi connectivity index (χ3v) is 7.85. The lowest BCUT2D eigenvalue weighted by Crippen LogP contribution is -2.41. The number of benzene rings is 1. The Labute approximate surface area is 194 Å². The van der Waals surface area contributed by atoms with E-state index in [-0.39, 0.29) is 10.5 Å². The van der Waals surface area contributed by atoms with Gasteiger partial charge in [-0.1, -0.05) is 18.3 Å². The molecule has 0 unspecified atom stereocenters. The standard InChI is InChI=1S/C20H26N4O7S2/c1-14-5-7-22(8-6-14)19(26)13-33(29,30)12-18(25)21-20-23(9-10-31-2)16-4-3-15(24(27)28)11-17(16)32-20/h3-4,11,14H,5-10,12-13H2,1-2H3. The Morgan fingerprint density at radius 2 is 1.97 bits per heavy atom. The highest BCUT2D eigenvalue weighted by atomic mass is 32.2. The number of nitro groups is 1. The van der Waals surface area contributed by atoms with Gasteiger partial charge in [-0.05, 0) is 24.8 Å². The van der Waals surface area contributed by atoms with Crippen LogP contribution in [0.1, 0.15) is 19.8 Å². The monoisotopic (exact) mass is 498 g/mol. The number of piperidine rings is 1. The molecule has 1 aliphatic rings. The van der Waals surface area contributed by atoms with Gasteiger partial charge in [0.15, 0.2) is 14.6 Å². The van der Waals surface area contributed by atoms with Crippen molar-refractivity contribution in [1.29, 1.82) is 0 Å². The summed E-state index contributed by atoms with van der Waals surface area (Å²) < 4.78 is 32.2. The number of carbonyl (C=O) groups is 2. The van der Waals surface area contributed by atoms with E-state index in [9.17, 15) is 28.1 Å². The fourth-order valence-electron chi connectivity index (χ4n) is 3.57. The minimum absolute atomic E-state index is 0.103. The second-order valence-electron chi connectivity index (χ2n) is 8.04. The van der Waals surface area contributed by atoms with Gasteiger partial charge in [-0.3, -0.25) is 19.7 Å². The first-order valence-corrected chi connectivity index (χ1v) is 13.1. The summed E-state index contributed by atoms with van der Waals surface area (Å²) in [6.45, 7) is 3.73. The van der Waals surface area contributed by atoms with Gasteiger partial charge >= 0.3 is 0 Å². The lowest BCUT2D eigenvalue weighted by Gasteiger charge is -2.30. The highest BCUT2D eigenvalue weighted by molar-refractivity contribution is 7.92. The van der Waals surface area contributed by atoms with Gasteiger partial charge in [0.05, 0.1) is 21.7 Å².